The summed E-state index contributed by atoms with van der Waals surface area (Å²) in [6.07, 6.45) is 1.69. The Morgan fingerprint density at radius 2 is 2.06 bits per heavy atom. The molecular weight excluding hydrogens is 257 g/mol. The van der Waals surface area contributed by atoms with Gasteiger partial charge in [0.15, 0.2) is 5.82 Å². The maximum absolute atomic E-state index is 6.12. The summed E-state index contributed by atoms with van der Waals surface area (Å²) in [4.78, 5) is 8.57. The van der Waals surface area contributed by atoms with Crippen LogP contribution in [0.5, 0.6) is 0 Å². The van der Waals surface area contributed by atoms with E-state index in [0.29, 0.717) is 15.9 Å². The van der Waals surface area contributed by atoms with E-state index in [9.17, 15) is 0 Å². The summed E-state index contributed by atoms with van der Waals surface area (Å²) < 4.78 is 0. The number of anilines is 1. The lowest BCUT2D eigenvalue weighted by molar-refractivity contribution is 1.12. The van der Waals surface area contributed by atoms with Crippen molar-refractivity contribution >= 4 is 29.0 Å². The van der Waals surface area contributed by atoms with E-state index < -0.39 is 0 Å². The summed E-state index contributed by atoms with van der Waals surface area (Å²) in [5.74, 6) is 1.34. The van der Waals surface area contributed by atoms with E-state index in [2.05, 4.69) is 15.3 Å². The maximum Gasteiger partial charge on any atom is 0.163 e. The number of nitrogens with zero attached hydrogens (tertiary/aromatic N) is 2. The Morgan fingerprint density at radius 3 is 2.82 bits per heavy atom. The molecule has 0 amide bonds. The molecule has 0 saturated carbocycles. The number of aromatic nitrogens is 2. The Kier molecular flexibility index (Phi) is 3.82. The lowest BCUT2D eigenvalue weighted by Gasteiger charge is -2.06. The molecule has 5 heteroatoms. The predicted molar refractivity (Wildman–Crippen MR) is 71.7 cm³/mol. The van der Waals surface area contributed by atoms with Gasteiger partial charge in [-0.3, -0.25) is 0 Å². The molecule has 1 N–H and O–H groups in total. The van der Waals surface area contributed by atoms with Crippen molar-refractivity contribution in [1.82, 2.24) is 9.97 Å². The Hall–Kier alpha value is -1.32. The van der Waals surface area contributed by atoms with Crippen LogP contribution in [0.1, 0.15) is 6.92 Å². The van der Waals surface area contributed by atoms with Crippen LogP contribution in [0.25, 0.3) is 11.4 Å². The number of benzene rings is 1. The van der Waals surface area contributed by atoms with Gasteiger partial charge in [0.25, 0.3) is 0 Å². The molecule has 2 rings (SSSR count). The largest absolute Gasteiger partial charge is 0.370 e. The maximum atomic E-state index is 6.12. The normalized spacial score (nSPS) is 10.3. The molecule has 1 heterocycles. The highest BCUT2D eigenvalue weighted by molar-refractivity contribution is 6.43. The molecule has 0 fully saturated rings. The first-order valence-electron chi connectivity index (χ1n) is 5.23. The Balaban J connectivity index is 2.45. The fourth-order valence-electron chi connectivity index (χ4n) is 1.44. The van der Waals surface area contributed by atoms with Crippen LogP contribution in [0.2, 0.25) is 10.0 Å². The van der Waals surface area contributed by atoms with Crippen LogP contribution < -0.4 is 5.32 Å². The molecule has 1 aromatic heterocycles. The highest BCUT2D eigenvalue weighted by Crippen LogP contribution is 2.31. The molecule has 1 aromatic carbocycles. The summed E-state index contributed by atoms with van der Waals surface area (Å²) in [6, 6.07) is 7.22. The second kappa shape index (κ2) is 5.34. The third-order valence-corrected chi connectivity index (χ3v) is 3.02. The molecule has 88 valence electrons. The van der Waals surface area contributed by atoms with Crippen LogP contribution in [0.4, 0.5) is 5.82 Å². The molecule has 0 spiro atoms. The van der Waals surface area contributed by atoms with E-state index in [-0.39, 0.29) is 0 Å². The third kappa shape index (κ3) is 2.68. The quantitative estimate of drug-likeness (QED) is 0.917. The van der Waals surface area contributed by atoms with Gasteiger partial charge in [-0.15, -0.1) is 0 Å². The zero-order valence-electron chi connectivity index (χ0n) is 9.24. The van der Waals surface area contributed by atoms with Gasteiger partial charge in [-0.25, -0.2) is 9.97 Å². The SMILES string of the molecule is CCNc1ccnc(-c2cccc(Cl)c2Cl)n1. The van der Waals surface area contributed by atoms with E-state index in [4.69, 9.17) is 23.2 Å². The molecule has 3 nitrogen and oxygen atoms in total. The average Bonchev–Trinajstić information content (AvgIpc) is 2.33. The summed E-state index contributed by atoms with van der Waals surface area (Å²) >= 11 is 12.1. The highest BCUT2D eigenvalue weighted by Gasteiger charge is 2.09. The summed E-state index contributed by atoms with van der Waals surface area (Å²) in [6.45, 7) is 2.81. The fraction of sp³-hybridized carbons (Fsp3) is 0.167. The third-order valence-electron chi connectivity index (χ3n) is 2.21. The zero-order chi connectivity index (χ0) is 12.3. The van der Waals surface area contributed by atoms with Crippen molar-refractivity contribution in [2.24, 2.45) is 0 Å². The van der Waals surface area contributed by atoms with Crippen molar-refractivity contribution in [2.75, 3.05) is 11.9 Å². The van der Waals surface area contributed by atoms with E-state index in [1.54, 1.807) is 12.3 Å². The summed E-state index contributed by atoms with van der Waals surface area (Å²) in [7, 11) is 0. The minimum atomic E-state index is 0.475. The standard InChI is InChI=1S/C12H11Cl2N3/c1-2-15-10-6-7-16-12(17-10)8-4-3-5-9(13)11(8)14/h3-7H,2H2,1H3,(H,15,16,17). The average molecular weight is 268 g/mol. The van der Waals surface area contributed by atoms with Gasteiger partial charge in [0.05, 0.1) is 10.0 Å². The van der Waals surface area contributed by atoms with Crippen molar-refractivity contribution in [2.45, 2.75) is 6.92 Å². The number of rotatable bonds is 3. The molecule has 2 aromatic rings. The van der Waals surface area contributed by atoms with Crippen molar-refractivity contribution < 1.29 is 0 Å². The minimum absolute atomic E-state index is 0.475. The molecule has 0 unspecified atom stereocenters. The van der Waals surface area contributed by atoms with Crippen molar-refractivity contribution in [3.05, 3.63) is 40.5 Å². The van der Waals surface area contributed by atoms with Gasteiger partial charge in [0.1, 0.15) is 5.82 Å². The number of halogens is 2. The molecule has 0 aliphatic carbocycles. The van der Waals surface area contributed by atoms with Gasteiger partial charge in [0, 0.05) is 18.3 Å². The van der Waals surface area contributed by atoms with Gasteiger partial charge in [-0.1, -0.05) is 29.3 Å². The second-order valence-electron chi connectivity index (χ2n) is 3.40. The molecule has 0 atom stereocenters. The van der Waals surface area contributed by atoms with Gasteiger partial charge in [-0.05, 0) is 25.1 Å². The number of hydrogen-bond donors (Lipinski definition) is 1. The van der Waals surface area contributed by atoms with Crippen LogP contribution >= 0.6 is 23.2 Å². The van der Waals surface area contributed by atoms with Gasteiger partial charge in [-0.2, -0.15) is 0 Å². The van der Waals surface area contributed by atoms with Crippen LogP contribution in [0.3, 0.4) is 0 Å². The molecule has 0 radical (unpaired) electrons. The van der Waals surface area contributed by atoms with Crippen molar-refractivity contribution in [1.29, 1.82) is 0 Å². The lowest BCUT2D eigenvalue weighted by Crippen LogP contribution is -2.00. The Labute approximate surface area is 110 Å². The second-order valence-corrected chi connectivity index (χ2v) is 4.18. The fourth-order valence-corrected chi connectivity index (χ4v) is 1.83. The lowest BCUT2D eigenvalue weighted by atomic mass is 10.2. The van der Waals surface area contributed by atoms with Crippen LogP contribution in [-0.2, 0) is 0 Å². The minimum Gasteiger partial charge on any atom is -0.370 e. The summed E-state index contributed by atoms with van der Waals surface area (Å²) in [5.41, 5.74) is 0.735. The monoisotopic (exact) mass is 267 g/mol. The van der Waals surface area contributed by atoms with Gasteiger partial charge < -0.3 is 5.32 Å². The zero-order valence-corrected chi connectivity index (χ0v) is 10.8. The molecule has 0 aliphatic heterocycles. The molecular formula is C12H11Cl2N3. The van der Waals surface area contributed by atoms with Crippen LogP contribution in [0.15, 0.2) is 30.5 Å². The van der Waals surface area contributed by atoms with Gasteiger partial charge >= 0.3 is 0 Å². The van der Waals surface area contributed by atoms with E-state index in [1.165, 1.54) is 0 Å². The predicted octanol–water partition coefficient (Wildman–Crippen LogP) is 3.88. The Morgan fingerprint density at radius 1 is 1.24 bits per heavy atom. The number of nitrogens with one attached hydrogen (secondary N) is 1. The van der Waals surface area contributed by atoms with Crippen LogP contribution in [0, 0.1) is 0 Å². The van der Waals surface area contributed by atoms with E-state index in [1.807, 2.05) is 25.1 Å². The first-order valence-corrected chi connectivity index (χ1v) is 5.99. The topological polar surface area (TPSA) is 37.8 Å². The van der Waals surface area contributed by atoms with Crippen molar-refractivity contribution in [3.63, 3.8) is 0 Å². The number of hydrogen-bond acceptors (Lipinski definition) is 3. The first kappa shape index (κ1) is 12.1. The summed E-state index contributed by atoms with van der Waals surface area (Å²) in [5, 5.41) is 4.10. The van der Waals surface area contributed by atoms with E-state index >= 15 is 0 Å². The van der Waals surface area contributed by atoms with E-state index in [0.717, 1.165) is 17.9 Å². The molecule has 17 heavy (non-hydrogen) atoms. The highest BCUT2D eigenvalue weighted by atomic mass is 35.5. The first-order chi connectivity index (χ1) is 8.22. The molecule has 0 aliphatic rings. The van der Waals surface area contributed by atoms with Crippen LogP contribution in [-0.4, -0.2) is 16.5 Å². The van der Waals surface area contributed by atoms with Gasteiger partial charge in [0.2, 0.25) is 0 Å². The molecule has 0 bridgehead atoms. The Bertz CT molecular complexity index is 529. The molecule has 0 saturated heterocycles. The smallest absolute Gasteiger partial charge is 0.163 e. The van der Waals surface area contributed by atoms with Crippen molar-refractivity contribution in [3.8, 4) is 11.4 Å².